The summed E-state index contributed by atoms with van der Waals surface area (Å²) in [6.45, 7) is 3.68. The van der Waals surface area contributed by atoms with Crippen LogP contribution in [0.5, 0.6) is 0 Å². The number of ether oxygens (including phenoxy) is 1. The summed E-state index contributed by atoms with van der Waals surface area (Å²) in [5, 5.41) is 5.10. The van der Waals surface area contributed by atoms with Gasteiger partial charge in [-0.25, -0.2) is 4.98 Å². The smallest absolute Gasteiger partial charge is 0.306 e. The average molecular weight is 409 g/mol. The molecule has 0 aliphatic carbocycles. The summed E-state index contributed by atoms with van der Waals surface area (Å²) in [4.78, 5) is 28.8. The zero-order chi connectivity index (χ0) is 20.6. The minimum absolute atomic E-state index is 0.233. The highest BCUT2D eigenvalue weighted by Gasteiger charge is 2.19. The molecular weight excluding hydrogens is 384 g/mol. The molecule has 6 heteroatoms. The molecule has 0 aliphatic heterocycles. The quantitative estimate of drug-likeness (QED) is 0.540. The number of rotatable bonds is 8. The Labute approximate surface area is 174 Å². The molecular formula is C23H24N2O3S. The topological polar surface area (TPSA) is 68.3 Å². The minimum Gasteiger partial charge on any atom is -0.453 e. The van der Waals surface area contributed by atoms with Crippen LogP contribution in [0.4, 0.5) is 5.13 Å². The van der Waals surface area contributed by atoms with Gasteiger partial charge in [-0.15, -0.1) is 11.3 Å². The molecule has 0 radical (unpaired) electrons. The molecule has 1 aromatic heterocycles. The van der Waals surface area contributed by atoms with Crippen molar-refractivity contribution < 1.29 is 14.3 Å². The number of nitrogens with zero attached hydrogens (tertiary/aromatic N) is 1. The zero-order valence-corrected chi connectivity index (χ0v) is 17.4. The molecule has 0 aliphatic rings. The van der Waals surface area contributed by atoms with Crippen molar-refractivity contribution >= 4 is 28.3 Å². The van der Waals surface area contributed by atoms with Gasteiger partial charge in [-0.05, 0) is 30.9 Å². The van der Waals surface area contributed by atoms with Crippen molar-refractivity contribution in [2.45, 2.75) is 39.2 Å². The number of anilines is 1. The van der Waals surface area contributed by atoms with Gasteiger partial charge in [0.15, 0.2) is 11.2 Å². The number of amides is 1. The molecule has 0 spiro atoms. The lowest BCUT2D eigenvalue weighted by Gasteiger charge is -2.12. The van der Waals surface area contributed by atoms with E-state index < -0.39 is 12.1 Å². The van der Waals surface area contributed by atoms with Crippen molar-refractivity contribution in [3.05, 3.63) is 71.1 Å². The largest absolute Gasteiger partial charge is 0.453 e. The van der Waals surface area contributed by atoms with E-state index in [4.69, 9.17) is 4.74 Å². The van der Waals surface area contributed by atoms with Gasteiger partial charge in [0.2, 0.25) is 0 Å². The first kappa shape index (κ1) is 20.7. The summed E-state index contributed by atoms with van der Waals surface area (Å²) in [5.41, 5.74) is 4.13. The molecule has 2 aromatic carbocycles. The zero-order valence-electron chi connectivity index (χ0n) is 16.6. The Balaban J connectivity index is 1.50. The molecule has 0 bridgehead atoms. The monoisotopic (exact) mass is 408 g/mol. The summed E-state index contributed by atoms with van der Waals surface area (Å²) in [5.74, 6) is -0.785. The molecule has 0 fully saturated rings. The normalized spacial score (nSPS) is 11.7. The second kappa shape index (κ2) is 9.98. The van der Waals surface area contributed by atoms with E-state index in [0.29, 0.717) is 11.6 Å². The first-order chi connectivity index (χ1) is 14.0. The van der Waals surface area contributed by atoms with Gasteiger partial charge in [0, 0.05) is 17.4 Å². The highest BCUT2D eigenvalue weighted by Crippen LogP contribution is 2.25. The van der Waals surface area contributed by atoms with E-state index in [2.05, 4.69) is 29.4 Å². The SMILES string of the molecule is CCc1ccc(-c2csc(NC(=O)[C@H](C)OC(=O)CCc3ccccc3)n2)cc1. The highest BCUT2D eigenvalue weighted by atomic mass is 32.1. The minimum atomic E-state index is -0.880. The number of aryl methyl sites for hydroxylation is 2. The number of thiazole rings is 1. The number of carbonyl (C=O) groups excluding carboxylic acids is 2. The fourth-order valence-electron chi connectivity index (χ4n) is 2.78. The fraction of sp³-hybridized carbons (Fsp3) is 0.261. The van der Waals surface area contributed by atoms with E-state index >= 15 is 0 Å². The van der Waals surface area contributed by atoms with Crippen LogP contribution in [-0.4, -0.2) is 23.0 Å². The third kappa shape index (κ3) is 5.99. The van der Waals surface area contributed by atoms with Crippen molar-refractivity contribution in [2.75, 3.05) is 5.32 Å². The lowest BCUT2D eigenvalue weighted by atomic mass is 10.1. The van der Waals surface area contributed by atoms with Crippen molar-refractivity contribution in [3.8, 4) is 11.3 Å². The molecule has 1 heterocycles. The average Bonchev–Trinajstić information content (AvgIpc) is 3.21. The molecule has 0 unspecified atom stereocenters. The summed E-state index contributed by atoms with van der Waals surface area (Å²) < 4.78 is 5.25. The van der Waals surface area contributed by atoms with E-state index in [1.807, 2.05) is 47.8 Å². The van der Waals surface area contributed by atoms with Crippen molar-refractivity contribution in [3.63, 3.8) is 0 Å². The van der Waals surface area contributed by atoms with E-state index in [1.54, 1.807) is 6.92 Å². The standard InChI is InChI=1S/C23H24N2O3S/c1-3-17-9-12-19(13-10-17)20-15-29-23(24-20)25-22(27)16(2)28-21(26)14-11-18-7-5-4-6-8-18/h4-10,12-13,15-16H,3,11,14H2,1-2H3,(H,24,25,27)/t16-/m0/s1. The van der Waals surface area contributed by atoms with E-state index in [0.717, 1.165) is 23.2 Å². The van der Waals surface area contributed by atoms with Gasteiger partial charge in [-0.1, -0.05) is 61.5 Å². The van der Waals surface area contributed by atoms with E-state index in [9.17, 15) is 9.59 Å². The highest BCUT2D eigenvalue weighted by molar-refractivity contribution is 7.14. The van der Waals surface area contributed by atoms with Gasteiger partial charge in [-0.3, -0.25) is 14.9 Å². The van der Waals surface area contributed by atoms with Gasteiger partial charge in [0.25, 0.3) is 5.91 Å². The summed E-state index contributed by atoms with van der Waals surface area (Å²) >= 11 is 1.34. The number of hydrogen-bond donors (Lipinski definition) is 1. The molecule has 5 nitrogen and oxygen atoms in total. The van der Waals surface area contributed by atoms with Crippen LogP contribution in [0, 0.1) is 0 Å². The van der Waals surface area contributed by atoms with Gasteiger partial charge in [-0.2, -0.15) is 0 Å². The second-order valence-electron chi connectivity index (χ2n) is 6.70. The van der Waals surface area contributed by atoms with Crippen LogP contribution in [0.15, 0.2) is 60.0 Å². The Kier molecular flexibility index (Phi) is 7.14. The first-order valence-corrected chi connectivity index (χ1v) is 10.5. The van der Waals surface area contributed by atoms with E-state index in [-0.39, 0.29) is 12.3 Å². The van der Waals surface area contributed by atoms with Crippen LogP contribution in [0.3, 0.4) is 0 Å². The van der Waals surface area contributed by atoms with Crippen LogP contribution in [-0.2, 0) is 27.2 Å². The van der Waals surface area contributed by atoms with Crippen LogP contribution < -0.4 is 5.32 Å². The molecule has 1 atom stereocenters. The van der Waals surface area contributed by atoms with Crippen LogP contribution in [0.25, 0.3) is 11.3 Å². The Bertz CT molecular complexity index is 952. The number of nitrogens with one attached hydrogen (secondary N) is 1. The predicted molar refractivity (Wildman–Crippen MR) is 116 cm³/mol. The molecule has 3 aromatic rings. The van der Waals surface area contributed by atoms with Crippen LogP contribution >= 0.6 is 11.3 Å². The fourth-order valence-corrected chi connectivity index (χ4v) is 3.51. The lowest BCUT2D eigenvalue weighted by Crippen LogP contribution is -2.30. The summed E-state index contributed by atoms with van der Waals surface area (Å²) in [6, 6.07) is 17.9. The third-order valence-corrected chi connectivity index (χ3v) is 5.29. The van der Waals surface area contributed by atoms with Crippen molar-refractivity contribution in [2.24, 2.45) is 0 Å². The maximum Gasteiger partial charge on any atom is 0.306 e. The predicted octanol–water partition coefficient (Wildman–Crippen LogP) is 4.88. The maximum absolute atomic E-state index is 12.3. The van der Waals surface area contributed by atoms with Gasteiger partial charge < -0.3 is 4.74 Å². The Morgan fingerprint density at radius 3 is 2.48 bits per heavy atom. The lowest BCUT2D eigenvalue weighted by molar-refractivity contribution is -0.153. The summed E-state index contributed by atoms with van der Waals surface area (Å²) in [6.07, 6.45) is 0.924. The maximum atomic E-state index is 12.3. The molecule has 1 N–H and O–H groups in total. The third-order valence-electron chi connectivity index (χ3n) is 4.53. The molecule has 29 heavy (non-hydrogen) atoms. The van der Waals surface area contributed by atoms with Crippen molar-refractivity contribution in [1.82, 2.24) is 4.98 Å². The molecule has 0 saturated carbocycles. The van der Waals surface area contributed by atoms with E-state index in [1.165, 1.54) is 16.9 Å². The summed E-state index contributed by atoms with van der Waals surface area (Å²) in [7, 11) is 0. The van der Waals surface area contributed by atoms with Gasteiger partial charge in [0.1, 0.15) is 0 Å². The van der Waals surface area contributed by atoms with Gasteiger partial charge in [0.05, 0.1) is 5.69 Å². The Morgan fingerprint density at radius 1 is 1.07 bits per heavy atom. The number of benzene rings is 2. The molecule has 3 rings (SSSR count). The number of esters is 1. The Hall–Kier alpha value is -2.99. The number of carbonyl (C=O) groups is 2. The Morgan fingerprint density at radius 2 is 1.79 bits per heavy atom. The van der Waals surface area contributed by atoms with Gasteiger partial charge >= 0.3 is 5.97 Å². The molecule has 0 saturated heterocycles. The molecule has 150 valence electrons. The van der Waals surface area contributed by atoms with Crippen LogP contribution in [0.2, 0.25) is 0 Å². The van der Waals surface area contributed by atoms with Crippen molar-refractivity contribution in [1.29, 1.82) is 0 Å². The second-order valence-corrected chi connectivity index (χ2v) is 7.55. The number of aromatic nitrogens is 1. The first-order valence-electron chi connectivity index (χ1n) is 9.64. The number of hydrogen-bond acceptors (Lipinski definition) is 5. The van der Waals surface area contributed by atoms with Crippen LogP contribution in [0.1, 0.15) is 31.4 Å². The molecule has 1 amide bonds.